The molecule has 0 radical (unpaired) electrons. The molecule has 1 aromatic carbocycles. The minimum Gasteiger partial charge on any atom is -0.442 e. The number of fused-ring (bicyclic) bond motifs is 1. The Balaban J connectivity index is 1.03. The third kappa shape index (κ3) is 5.73. The van der Waals surface area contributed by atoms with Gasteiger partial charge in [0.2, 0.25) is 0 Å². The molecule has 1 saturated carbocycles. The molecule has 0 aromatic heterocycles. The van der Waals surface area contributed by atoms with Gasteiger partial charge in [0.1, 0.15) is 5.60 Å². The van der Waals surface area contributed by atoms with Crippen molar-refractivity contribution in [2.24, 2.45) is 11.8 Å². The van der Waals surface area contributed by atoms with E-state index >= 15 is 0 Å². The lowest BCUT2D eigenvalue weighted by molar-refractivity contribution is -0.127. The van der Waals surface area contributed by atoms with E-state index in [0.29, 0.717) is 17.9 Å². The number of carbonyl (C=O) groups is 2. The van der Waals surface area contributed by atoms with Crippen LogP contribution in [0.5, 0.6) is 0 Å². The third-order valence-corrected chi connectivity index (χ3v) is 10.8. The van der Waals surface area contributed by atoms with E-state index in [9.17, 15) is 9.59 Å². The Morgan fingerprint density at radius 3 is 2.58 bits per heavy atom. The van der Waals surface area contributed by atoms with Gasteiger partial charge in [-0.3, -0.25) is 9.69 Å². The molecule has 1 spiro atoms. The van der Waals surface area contributed by atoms with Crippen molar-refractivity contribution in [2.45, 2.75) is 102 Å². The number of nitrogens with zero attached hydrogens (tertiary/aromatic N) is 3. The number of benzene rings is 1. The molecule has 1 aromatic rings. The molecule has 1 aliphatic carbocycles. The summed E-state index contributed by atoms with van der Waals surface area (Å²) in [5.74, 6) is 1.27. The number of hydrogen-bond acceptors (Lipinski definition) is 5. The van der Waals surface area contributed by atoms with Crippen molar-refractivity contribution in [1.29, 1.82) is 0 Å². The molecule has 4 fully saturated rings. The van der Waals surface area contributed by atoms with Crippen molar-refractivity contribution in [3.05, 3.63) is 29.3 Å². The first-order valence-electron chi connectivity index (χ1n) is 16.4. The highest BCUT2D eigenvalue weighted by atomic mass is 16.6. The van der Waals surface area contributed by atoms with Crippen LogP contribution in [0.1, 0.15) is 99.9 Å². The highest BCUT2D eigenvalue weighted by Crippen LogP contribution is 2.42. The minimum atomic E-state index is -0.289. The maximum atomic E-state index is 13.4. The molecular weight excluding hydrogens is 500 g/mol. The van der Waals surface area contributed by atoms with Gasteiger partial charge in [0, 0.05) is 70.6 Å². The number of anilines is 1. The zero-order valence-electron chi connectivity index (χ0n) is 24.7. The van der Waals surface area contributed by atoms with E-state index in [-0.39, 0.29) is 17.6 Å². The fourth-order valence-electron chi connectivity index (χ4n) is 8.36. The summed E-state index contributed by atoms with van der Waals surface area (Å²) in [5.41, 5.74) is 2.86. The summed E-state index contributed by atoms with van der Waals surface area (Å²) in [6.45, 7) is 8.59. The molecule has 220 valence electrons. The summed E-state index contributed by atoms with van der Waals surface area (Å²) < 4.78 is 6.45. The van der Waals surface area contributed by atoms with E-state index in [1.54, 1.807) is 0 Å². The summed E-state index contributed by atoms with van der Waals surface area (Å²) in [6, 6.07) is 6.65. The van der Waals surface area contributed by atoms with E-state index in [2.05, 4.69) is 33.0 Å². The first-order chi connectivity index (χ1) is 19.6. The molecule has 3 saturated heterocycles. The molecule has 40 heavy (non-hydrogen) atoms. The minimum absolute atomic E-state index is 0.0551. The fraction of sp³-hybridized carbons (Fsp3) is 0.758. The first kappa shape index (κ1) is 27.9. The van der Waals surface area contributed by atoms with E-state index in [0.717, 1.165) is 95.6 Å². The fourth-order valence-corrected chi connectivity index (χ4v) is 8.36. The lowest BCUT2D eigenvalue weighted by atomic mass is 9.75. The van der Waals surface area contributed by atoms with Gasteiger partial charge in [0.15, 0.2) is 0 Å². The maximum Gasteiger partial charge on any atom is 0.410 e. The Hall–Kier alpha value is -2.28. The zero-order valence-corrected chi connectivity index (χ0v) is 24.7. The number of nitrogens with one attached hydrogen (secondary N) is 1. The molecule has 1 atom stereocenters. The number of hydrogen-bond donors (Lipinski definition) is 1. The predicted molar refractivity (Wildman–Crippen MR) is 159 cm³/mol. The molecule has 0 bridgehead atoms. The maximum absolute atomic E-state index is 13.4. The van der Waals surface area contributed by atoms with Gasteiger partial charge < -0.3 is 19.9 Å². The van der Waals surface area contributed by atoms with Crippen molar-refractivity contribution < 1.29 is 14.3 Å². The third-order valence-electron chi connectivity index (χ3n) is 10.8. The van der Waals surface area contributed by atoms with Gasteiger partial charge >= 0.3 is 6.09 Å². The molecule has 2 amide bonds. The van der Waals surface area contributed by atoms with Gasteiger partial charge in [0.05, 0.1) is 11.3 Å². The molecule has 7 heteroatoms. The second-order valence-corrected chi connectivity index (χ2v) is 13.3. The standard InChI is InChI=1S/C33H50N4O3/c1-2-3-11-27-24-37(23-25-8-5-4-6-9-25)32(39)40-33(27)16-21-35(22-17-33)28-14-19-36(20-15-28)31(38)29-12-7-10-26-13-18-34-30(26)29/h7,10,12,25,27-28,34H,2-6,8-9,11,13-24H2,1H3/t27-/m0/s1. The van der Waals surface area contributed by atoms with Gasteiger partial charge in [-0.2, -0.15) is 0 Å². The van der Waals surface area contributed by atoms with E-state index in [1.807, 2.05) is 12.1 Å². The molecular formula is C33H50N4O3. The SMILES string of the molecule is CCCC[C@H]1CN(CC2CCCCC2)C(=O)OC12CCN(C1CCN(C(=O)c3cccc4c3NCC4)CC1)CC2. The Morgan fingerprint density at radius 1 is 1.05 bits per heavy atom. The van der Waals surface area contributed by atoms with Crippen LogP contribution in [-0.4, -0.2) is 84.2 Å². The summed E-state index contributed by atoms with van der Waals surface area (Å²) in [7, 11) is 0. The number of para-hydroxylation sites is 1. The van der Waals surface area contributed by atoms with Crippen molar-refractivity contribution in [2.75, 3.05) is 51.1 Å². The van der Waals surface area contributed by atoms with Crippen LogP contribution in [0.2, 0.25) is 0 Å². The van der Waals surface area contributed by atoms with Crippen LogP contribution in [0.3, 0.4) is 0 Å². The van der Waals surface area contributed by atoms with Crippen LogP contribution in [-0.2, 0) is 11.2 Å². The van der Waals surface area contributed by atoms with Gasteiger partial charge in [-0.15, -0.1) is 0 Å². The zero-order chi connectivity index (χ0) is 27.5. The number of piperidine rings is 2. The van der Waals surface area contributed by atoms with Crippen LogP contribution >= 0.6 is 0 Å². The molecule has 6 rings (SSSR count). The van der Waals surface area contributed by atoms with E-state index in [1.165, 1.54) is 50.5 Å². The molecule has 7 nitrogen and oxygen atoms in total. The largest absolute Gasteiger partial charge is 0.442 e. The summed E-state index contributed by atoms with van der Waals surface area (Å²) in [5, 5.41) is 3.43. The second-order valence-electron chi connectivity index (χ2n) is 13.3. The van der Waals surface area contributed by atoms with E-state index in [4.69, 9.17) is 4.74 Å². The molecule has 4 heterocycles. The van der Waals surface area contributed by atoms with Crippen molar-refractivity contribution in [1.82, 2.24) is 14.7 Å². The summed E-state index contributed by atoms with van der Waals surface area (Å²) in [6.07, 6.45) is 14.9. The number of unbranched alkanes of at least 4 members (excludes halogenated alkanes) is 1. The van der Waals surface area contributed by atoms with Crippen LogP contribution in [0.25, 0.3) is 0 Å². The Kier molecular flexibility index (Phi) is 8.57. The van der Waals surface area contributed by atoms with Gasteiger partial charge in [-0.1, -0.05) is 51.2 Å². The quantitative estimate of drug-likeness (QED) is 0.456. The Labute approximate surface area is 241 Å². The number of carbonyl (C=O) groups excluding carboxylic acids is 2. The Morgan fingerprint density at radius 2 is 1.82 bits per heavy atom. The highest BCUT2D eigenvalue weighted by Gasteiger charge is 2.50. The second kappa shape index (κ2) is 12.3. The van der Waals surface area contributed by atoms with Gasteiger partial charge in [-0.25, -0.2) is 4.79 Å². The van der Waals surface area contributed by atoms with Crippen LogP contribution in [0.15, 0.2) is 18.2 Å². The molecule has 1 N–H and O–H groups in total. The average Bonchev–Trinajstić information content (AvgIpc) is 3.48. The first-order valence-corrected chi connectivity index (χ1v) is 16.4. The van der Waals surface area contributed by atoms with Crippen LogP contribution < -0.4 is 5.32 Å². The molecule has 4 aliphatic heterocycles. The van der Waals surface area contributed by atoms with Crippen LogP contribution in [0.4, 0.5) is 10.5 Å². The number of ether oxygens (including phenoxy) is 1. The van der Waals surface area contributed by atoms with E-state index < -0.39 is 0 Å². The lowest BCUT2D eigenvalue weighted by Crippen LogP contribution is -2.61. The lowest BCUT2D eigenvalue weighted by Gasteiger charge is -2.52. The Bertz CT molecular complexity index is 1040. The number of rotatable bonds is 7. The van der Waals surface area contributed by atoms with Gasteiger partial charge in [0.25, 0.3) is 5.91 Å². The predicted octanol–water partition coefficient (Wildman–Crippen LogP) is 5.93. The van der Waals surface area contributed by atoms with Crippen molar-refractivity contribution >= 4 is 17.7 Å². The van der Waals surface area contributed by atoms with Crippen LogP contribution in [0, 0.1) is 11.8 Å². The number of likely N-dealkylation sites (tertiary alicyclic amines) is 2. The molecule has 0 unspecified atom stereocenters. The topological polar surface area (TPSA) is 65.1 Å². The molecule has 5 aliphatic rings. The highest BCUT2D eigenvalue weighted by molar-refractivity contribution is 6.00. The van der Waals surface area contributed by atoms with Crippen molar-refractivity contribution in [3.8, 4) is 0 Å². The normalized spacial score (nSPS) is 26.0. The monoisotopic (exact) mass is 550 g/mol. The van der Waals surface area contributed by atoms with Crippen molar-refractivity contribution in [3.63, 3.8) is 0 Å². The van der Waals surface area contributed by atoms with Gasteiger partial charge in [-0.05, 0) is 56.1 Å². The smallest absolute Gasteiger partial charge is 0.410 e. The average molecular weight is 551 g/mol. The number of amides is 2. The summed E-state index contributed by atoms with van der Waals surface area (Å²) >= 11 is 0. The summed E-state index contributed by atoms with van der Waals surface area (Å²) in [4.78, 5) is 33.4.